The Balaban J connectivity index is 1.68. The summed E-state index contributed by atoms with van der Waals surface area (Å²) in [7, 11) is 0. The predicted octanol–water partition coefficient (Wildman–Crippen LogP) is 3.25. The number of nitrogens with one attached hydrogen (secondary N) is 3. The number of H-pyrrole nitrogens is 1. The molecule has 2 heterocycles. The Morgan fingerprint density at radius 1 is 1.08 bits per heavy atom. The molecule has 0 atom stereocenters. The molecule has 3 N–H and O–H groups in total. The van der Waals surface area contributed by atoms with Crippen LogP contribution in [-0.4, -0.2) is 16.7 Å². The van der Waals surface area contributed by atoms with Crippen LogP contribution in [0.5, 0.6) is 0 Å². The number of nitrogens with zero attached hydrogens (tertiary/aromatic N) is 1. The molecule has 1 aliphatic rings. The lowest BCUT2D eigenvalue weighted by Crippen LogP contribution is -2.17. The van der Waals surface area contributed by atoms with Crippen molar-refractivity contribution in [3.63, 3.8) is 0 Å². The van der Waals surface area contributed by atoms with Crippen LogP contribution >= 0.6 is 0 Å². The number of hydrazone groups is 1. The summed E-state index contributed by atoms with van der Waals surface area (Å²) in [5.74, 6) is -0.209. The molecule has 118 valence electrons. The molecule has 6 heteroatoms. The van der Waals surface area contributed by atoms with E-state index in [0.717, 1.165) is 16.5 Å². The highest BCUT2D eigenvalue weighted by Crippen LogP contribution is 2.22. The summed E-state index contributed by atoms with van der Waals surface area (Å²) in [5, 5.41) is 8.06. The normalized spacial score (nSPS) is 15.6. The third kappa shape index (κ3) is 2.54. The summed E-state index contributed by atoms with van der Waals surface area (Å²) in [6.07, 6.45) is 3.62. The number of para-hydroxylation sites is 1. The number of hydrogen-bond acceptors (Lipinski definition) is 3. The molecule has 0 unspecified atom stereocenters. The first-order valence-corrected chi connectivity index (χ1v) is 7.39. The lowest BCUT2D eigenvalue weighted by Gasteiger charge is -2.05. The van der Waals surface area contributed by atoms with Crippen LogP contribution in [-0.2, 0) is 4.79 Å². The second-order valence-corrected chi connectivity index (χ2v) is 5.38. The molecule has 0 spiro atoms. The quantitative estimate of drug-likeness (QED) is 0.634. The van der Waals surface area contributed by atoms with Crippen molar-refractivity contribution >= 4 is 34.4 Å². The van der Waals surface area contributed by atoms with Gasteiger partial charge in [-0.2, -0.15) is 5.10 Å². The van der Waals surface area contributed by atoms with Gasteiger partial charge in [-0.3, -0.25) is 4.79 Å². The number of carbonyl (C=O) groups is 1. The van der Waals surface area contributed by atoms with Gasteiger partial charge >= 0.3 is 0 Å². The standard InChI is InChI=1S/C18H13FN4O/c19-12-5-7-13(8-6-12)21-17-15(18(24)23-22-17)9-11-10-20-16-4-2-1-3-14(11)16/h1-10,20H,(H,21,22)(H,23,24)/b15-9-. The number of aromatic nitrogens is 1. The molecule has 0 bridgehead atoms. The van der Waals surface area contributed by atoms with E-state index in [2.05, 4.69) is 20.8 Å². The minimum atomic E-state index is -0.322. The van der Waals surface area contributed by atoms with Crippen molar-refractivity contribution in [2.45, 2.75) is 0 Å². The number of fused-ring (bicyclic) bond motifs is 1. The van der Waals surface area contributed by atoms with E-state index in [1.54, 1.807) is 18.2 Å². The van der Waals surface area contributed by atoms with Crippen molar-refractivity contribution in [3.8, 4) is 0 Å². The Labute approximate surface area is 136 Å². The van der Waals surface area contributed by atoms with E-state index in [9.17, 15) is 9.18 Å². The fourth-order valence-corrected chi connectivity index (χ4v) is 2.60. The maximum atomic E-state index is 13.0. The Morgan fingerprint density at radius 2 is 1.88 bits per heavy atom. The van der Waals surface area contributed by atoms with Crippen LogP contribution in [0.3, 0.4) is 0 Å². The number of rotatable bonds is 2. The van der Waals surface area contributed by atoms with Gasteiger partial charge in [0.15, 0.2) is 5.84 Å². The van der Waals surface area contributed by atoms with Crippen molar-refractivity contribution in [3.05, 3.63) is 71.7 Å². The number of halogens is 1. The van der Waals surface area contributed by atoms with Gasteiger partial charge in [-0.05, 0) is 36.4 Å². The summed E-state index contributed by atoms with van der Waals surface area (Å²) in [6.45, 7) is 0. The van der Waals surface area contributed by atoms with E-state index in [1.807, 2.05) is 30.5 Å². The number of amides is 1. The Kier molecular flexibility index (Phi) is 3.35. The van der Waals surface area contributed by atoms with Crippen molar-refractivity contribution in [1.29, 1.82) is 0 Å². The zero-order valence-corrected chi connectivity index (χ0v) is 12.5. The summed E-state index contributed by atoms with van der Waals surface area (Å²) in [5.41, 5.74) is 5.40. The summed E-state index contributed by atoms with van der Waals surface area (Å²) in [6, 6.07) is 13.7. The van der Waals surface area contributed by atoms with E-state index in [4.69, 9.17) is 0 Å². The fraction of sp³-hybridized carbons (Fsp3) is 0. The summed E-state index contributed by atoms with van der Waals surface area (Å²) < 4.78 is 13.0. The molecular formula is C18H13FN4O. The predicted molar refractivity (Wildman–Crippen MR) is 91.9 cm³/mol. The smallest absolute Gasteiger partial charge is 0.275 e. The van der Waals surface area contributed by atoms with Crippen LogP contribution < -0.4 is 10.7 Å². The monoisotopic (exact) mass is 320 g/mol. The van der Waals surface area contributed by atoms with Gasteiger partial charge in [0.1, 0.15) is 5.82 Å². The molecule has 5 nitrogen and oxygen atoms in total. The minimum Gasteiger partial charge on any atom is -0.361 e. The summed E-state index contributed by atoms with van der Waals surface area (Å²) >= 11 is 0. The molecule has 4 rings (SSSR count). The Morgan fingerprint density at radius 3 is 2.71 bits per heavy atom. The number of carbonyl (C=O) groups excluding carboxylic acids is 1. The molecule has 0 saturated heterocycles. The largest absolute Gasteiger partial charge is 0.361 e. The molecule has 0 aliphatic carbocycles. The van der Waals surface area contributed by atoms with Crippen molar-refractivity contribution in [2.24, 2.45) is 5.10 Å². The first-order valence-electron chi connectivity index (χ1n) is 7.39. The second-order valence-electron chi connectivity index (χ2n) is 5.38. The zero-order chi connectivity index (χ0) is 16.5. The third-order valence-electron chi connectivity index (χ3n) is 3.80. The van der Waals surface area contributed by atoms with Crippen molar-refractivity contribution in [1.82, 2.24) is 10.4 Å². The van der Waals surface area contributed by atoms with Crippen LogP contribution in [0.2, 0.25) is 0 Å². The van der Waals surface area contributed by atoms with Gasteiger partial charge in [0, 0.05) is 28.4 Å². The molecule has 24 heavy (non-hydrogen) atoms. The lowest BCUT2D eigenvalue weighted by atomic mass is 10.1. The molecule has 1 aromatic heterocycles. The van der Waals surface area contributed by atoms with Gasteiger partial charge in [-0.25, -0.2) is 9.82 Å². The molecule has 1 aliphatic heterocycles. The average molecular weight is 320 g/mol. The first kappa shape index (κ1) is 14.2. The molecule has 0 radical (unpaired) electrons. The zero-order valence-electron chi connectivity index (χ0n) is 12.5. The van der Waals surface area contributed by atoms with Gasteiger partial charge in [-0.15, -0.1) is 0 Å². The van der Waals surface area contributed by atoms with Crippen LogP contribution in [0.1, 0.15) is 5.56 Å². The molecule has 2 aromatic carbocycles. The van der Waals surface area contributed by atoms with E-state index in [1.165, 1.54) is 12.1 Å². The third-order valence-corrected chi connectivity index (χ3v) is 3.80. The number of benzene rings is 2. The highest BCUT2D eigenvalue weighted by Gasteiger charge is 2.23. The molecule has 3 aromatic rings. The van der Waals surface area contributed by atoms with Gasteiger partial charge in [0.25, 0.3) is 5.91 Å². The maximum absolute atomic E-state index is 13.0. The minimum absolute atomic E-state index is 0.287. The average Bonchev–Trinajstić information content (AvgIpc) is 3.16. The number of aromatic amines is 1. The summed E-state index contributed by atoms with van der Waals surface area (Å²) in [4.78, 5) is 15.3. The highest BCUT2D eigenvalue weighted by atomic mass is 19.1. The van der Waals surface area contributed by atoms with Gasteiger partial charge in [0.05, 0.1) is 5.57 Å². The van der Waals surface area contributed by atoms with Crippen LogP contribution in [0, 0.1) is 5.82 Å². The van der Waals surface area contributed by atoms with Gasteiger partial charge in [0.2, 0.25) is 0 Å². The van der Waals surface area contributed by atoms with Gasteiger partial charge in [-0.1, -0.05) is 18.2 Å². The van der Waals surface area contributed by atoms with Crippen LogP contribution in [0.4, 0.5) is 10.1 Å². The number of hydrogen-bond donors (Lipinski definition) is 3. The SMILES string of the molecule is O=C1NN=C(Nc2ccc(F)cc2)/C1=C/c1c[nH]c2ccccc12. The Hall–Kier alpha value is -3.41. The lowest BCUT2D eigenvalue weighted by molar-refractivity contribution is -0.116. The second kappa shape index (κ2) is 5.66. The van der Waals surface area contributed by atoms with Crippen molar-refractivity contribution < 1.29 is 9.18 Å². The van der Waals surface area contributed by atoms with E-state index in [-0.39, 0.29) is 11.7 Å². The fourth-order valence-electron chi connectivity index (χ4n) is 2.60. The topological polar surface area (TPSA) is 69.3 Å². The highest BCUT2D eigenvalue weighted by molar-refractivity contribution is 6.30. The number of anilines is 1. The molecular weight excluding hydrogens is 307 g/mol. The Bertz CT molecular complexity index is 986. The van der Waals surface area contributed by atoms with Crippen molar-refractivity contribution in [2.75, 3.05) is 5.32 Å². The maximum Gasteiger partial charge on any atom is 0.275 e. The van der Waals surface area contributed by atoms with E-state index in [0.29, 0.717) is 17.1 Å². The van der Waals surface area contributed by atoms with E-state index >= 15 is 0 Å². The molecule has 1 amide bonds. The van der Waals surface area contributed by atoms with Gasteiger partial charge < -0.3 is 10.3 Å². The number of amidine groups is 1. The van der Waals surface area contributed by atoms with E-state index < -0.39 is 0 Å². The van der Waals surface area contributed by atoms with Crippen LogP contribution in [0.25, 0.3) is 17.0 Å². The van der Waals surface area contributed by atoms with Crippen LogP contribution in [0.15, 0.2) is 65.4 Å². The molecule has 0 saturated carbocycles. The first-order chi connectivity index (χ1) is 11.7. The molecule has 0 fully saturated rings.